The van der Waals surface area contributed by atoms with Crippen molar-refractivity contribution in [1.82, 2.24) is 10.4 Å². The molecule has 0 fully saturated rings. The number of carbonyl (C=O) groups excluding carboxylic acids is 1. The molecule has 6 heteroatoms. The van der Waals surface area contributed by atoms with Gasteiger partial charge in [0.05, 0.1) is 10.6 Å². The predicted octanol–water partition coefficient (Wildman–Crippen LogP) is 0.443. The summed E-state index contributed by atoms with van der Waals surface area (Å²) in [5, 5.41) is 1.48. The number of hydrogen-bond acceptors (Lipinski definition) is 4. The summed E-state index contributed by atoms with van der Waals surface area (Å²) >= 11 is 0. The first-order valence-corrected chi connectivity index (χ1v) is 6.81. The Kier molecular flexibility index (Phi) is 4.65. The average Bonchev–Trinajstić information content (AvgIpc) is 2.27. The molecule has 0 spiro atoms. The molecule has 1 aromatic carbocycles. The van der Waals surface area contributed by atoms with Gasteiger partial charge in [0, 0.05) is 20.5 Å². The van der Waals surface area contributed by atoms with E-state index >= 15 is 0 Å². The fourth-order valence-electron chi connectivity index (χ4n) is 1.28. The molecule has 1 amide bonds. The van der Waals surface area contributed by atoms with Gasteiger partial charge < -0.3 is 0 Å². The van der Waals surface area contributed by atoms with E-state index in [1.54, 1.807) is 32.3 Å². The number of amides is 1. The van der Waals surface area contributed by atoms with Crippen LogP contribution in [0.15, 0.2) is 35.2 Å². The van der Waals surface area contributed by atoms with Crippen LogP contribution in [0, 0.1) is 0 Å². The second-order valence-corrected chi connectivity index (χ2v) is 5.92. The van der Waals surface area contributed by atoms with Crippen LogP contribution in [-0.2, 0) is 14.6 Å². The van der Waals surface area contributed by atoms with E-state index in [0.717, 1.165) is 0 Å². The highest BCUT2D eigenvalue weighted by Gasteiger charge is 2.15. The van der Waals surface area contributed by atoms with Crippen LogP contribution in [0.5, 0.6) is 0 Å². The second kappa shape index (κ2) is 5.79. The molecule has 0 unspecified atom stereocenters. The zero-order chi connectivity index (χ0) is 12.9. The lowest BCUT2D eigenvalue weighted by Crippen LogP contribution is -2.36. The maximum atomic E-state index is 11.8. The largest absolute Gasteiger partial charge is 0.289 e. The van der Waals surface area contributed by atoms with Gasteiger partial charge in [-0.25, -0.2) is 13.4 Å². The summed E-state index contributed by atoms with van der Waals surface area (Å²) in [6.45, 7) is 0. The molecule has 0 heterocycles. The van der Waals surface area contributed by atoms with Crippen molar-refractivity contribution >= 4 is 15.7 Å². The van der Waals surface area contributed by atoms with Crippen molar-refractivity contribution in [2.75, 3.05) is 19.8 Å². The smallest absolute Gasteiger partial charge is 0.235 e. The first-order valence-electron chi connectivity index (χ1n) is 5.16. The van der Waals surface area contributed by atoms with Crippen LogP contribution in [0.3, 0.4) is 0 Å². The topological polar surface area (TPSA) is 66.5 Å². The molecule has 0 radical (unpaired) electrons. The molecule has 0 aromatic heterocycles. The molecule has 1 N–H and O–H groups in total. The number of carbonyl (C=O) groups is 1. The Bertz CT molecular complexity index is 469. The van der Waals surface area contributed by atoms with Crippen LogP contribution in [0.25, 0.3) is 0 Å². The molecule has 5 nitrogen and oxygen atoms in total. The average molecular weight is 256 g/mol. The van der Waals surface area contributed by atoms with Gasteiger partial charge in [-0.05, 0) is 12.1 Å². The molecule has 0 aliphatic rings. The zero-order valence-corrected chi connectivity index (χ0v) is 10.7. The Labute approximate surface area is 101 Å². The van der Waals surface area contributed by atoms with Crippen molar-refractivity contribution in [2.45, 2.75) is 11.3 Å². The van der Waals surface area contributed by atoms with Crippen molar-refractivity contribution in [3.8, 4) is 0 Å². The standard InChI is InChI=1S/C11H16N2O3S/c1-13(2)12-11(14)8-9-17(15,16)10-6-4-3-5-7-10/h3-7H,8-9H2,1-2H3,(H,12,14). The predicted molar refractivity (Wildman–Crippen MR) is 64.9 cm³/mol. The van der Waals surface area contributed by atoms with Crippen molar-refractivity contribution in [3.05, 3.63) is 30.3 Å². The molecule has 0 bridgehead atoms. The fourth-order valence-corrected chi connectivity index (χ4v) is 2.54. The number of nitrogens with one attached hydrogen (secondary N) is 1. The van der Waals surface area contributed by atoms with Gasteiger partial charge in [0.1, 0.15) is 0 Å². The van der Waals surface area contributed by atoms with E-state index in [1.807, 2.05) is 0 Å². The second-order valence-electron chi connectivity index (χ2n) is 3.81. The molecular formula is C11H16N2O3S. The zero-order valence-electron chi connectivity index (χ0n) is 9.88. The van der Waals surface area contributed by atoms with Crippen molar-refractivity contribution in [3.63, 3.8) is 0 Å². The molecule has 0 saturated carbocycles. The summed E-state index contributed by atoms with van der Waals surface area (Å²) < 4.78 is 23.7. The van der Waals surface area contributed by atoms with E-state index in [9.17, 15) is 13.2 Å². The SMILES string of the molecule is CN(C)NC(=O)CCS(=O)(=O)c1ccccc1. The van der Waals surface area contributed by atoms with Gasteiger partial charge in [0.15, 0.2) is 9.84 Å². The molecule has 1 aromatic rings. The Morgan fingerprint density at radius 2 is 1.82 bits per heavy atom. The summed E-state index contributed by atoms with van der Waals surface area (Å²) in [5.41, 5.74) is 2.50. The Balaban J connectivity index is 2.60. The van der Waals surface area contributed by atoms with Gasteiger partial charge in [-0.3, -0.25) is 10.2 Å². The van der Waals surface area contributed by atoms with Crippen LogP contribution in [0.4, 0.5) is 0 Å². The van der Waals surface area contributed by atoms with E-state index in [0.29, 0.717) is 0 Å². The molecule has 94 valence electrons. The van der Waals surface area contributed by atoms with Gasteiger partial charge >= 0.3 is 0 Å². The van der Waals surface area contributed by atoms with E-state index in [4.69, 9.17) is 0 Å². The molecule has 1 rings (SSSR count). The maximum Gasteiger partial charge on any atom is 0.235 e. The monoisotopic (exact) mass is 256 g/mol. The Hall–Kier alpha value is -1.40. The number of hydrogen-bond donors (Lipinski definition) is 1. The molecule has 0 aliphatic heterocycles. The van der Waals surface area contributed by atoms with Crippen LogP contribution in [0.2, 0.25) is 0 Å². The first-order chi connectivity index (χ1) is 7.92. The van der Waals surface area contributed by atoms with Gasteiger partial charge in [0.25, 0.3) is 0 Å². The number of sulfone groups is 1. The van der Waals surface area contributed by atoms with Crippen molar-refractivity contribution in [1.29, 1.82) is 0 Å². The van der Waals surface area contributed by atoms with Crippen LogP contribution in [0.1, 0.15) is 6.42 Å². The third kappa shape index (κ3) is 4.54. The highest BCUT2D eigenvalue weighted by Crippen LogP contribution is 2.10. The molecule has 17 heavy (non-hydrogen) atoms. The quantitative estimate of drug-likeness (QED) is 0.776. The molecule has 0 aliphatic carbocycles. The van der Waals surface area contributed by atoms with E-state index in [2.05, 4.69) is 5.43 Å². The first kappa shape index (κ1) is 13.7. The summed E-state index contributed by atoms with van der Waals surface area (Å²) in [7, 11) is -0.0300. The number of rotatable bonds is 5. The lowest BCUT2D eigenvalue weighted by molar-refractivity contribution is -0.124. The third-order valence-electron chi connectivity index (χ3n) is 2.05. The minimum absolute atomic E-state index is 0.0462. The van der Waals surface area contributed by atoms with E-state index < -0.39 is 9.84 Å². The molecule has 0 atom stereocenters. The fraction of sp³-hybridized carbons (Fsp3) is 0.364. The molecule has 0 saturated heterocycles. The minimum atomic E-state index is -3.37. The number of benzene rings is 1. The van der Waals surface area contributed by atoms with Crippen molar-refractivity contribution in [2.24, 2.45) is 0 Å². The highest BCUT2D eigenvalue weighted by atomic mass is 32.2. The summed E-state index contributed by atoms with van der Waals surface area (Å²) in [5.74, 6) is -0.494. The lowest BCUT2D eigenvalue weighted by Gasteiger charge is -2.11. The van der Waals surface area contributed by atoms with Gasteiger partial charge in [0.2, 0.25) is 5.91 Å². The number of hydrazine groups is 1. The highest BCUT2D eigenvalue weighted by molar-refractivity contribution is 7.91. The van der Waals surface area contributed by atoms with Crippen LogP contribution >= 0.6 is 0 Å². The summed E-state index contributed by atoms with van der Waals surface area (Å²) in [4.78, 5) is 11.6. The van der Waals surface area contributed by atoms with Crippen LogP contribution < -0.4 is 5.43 Å². The van der Waals surface area contributed by atoms with Crippen LogP contribution in [-0.4, -0.2) is 39.2 Å². The van der Waals surface area contributed by atoms with E-state index in [-0.39, 0.29) is 23.0 Å². The minimum Gasteiger partial charge on any atom is -0.289 e. The lowest BCUT2D eigenvalue weighted by atomic mass is 10.4. The third-order valence-corrected chi connectivity index (χ3v) is 3.78. The summed E-state index contributed by atoms with van der Waals surface area (Å²) in [6.07, 6.45) is -0.0462. The van der Waals surface area contributed by atoms with Crippen molar-refractivity contribution < 1.29 is 13.2 Å². The molecular weight excluding hydrogens is 240 g/mol. The van der Waals surface area contributed by atoms with E-state index in [1.165, 1.54) is 17.1 Å². The Morgan fingerprint density at radius 3 is 2.35 bits per heavy atom. The van der Waals surface area contributed by atoms with Gasteiger partial charge in [-0.1, -0.05) is 18.2 Å². The Morgan fingerprint density at radius 1 is 1.24 bits per heavy atom. The maximum absolute atomic E-state index is 11.8. The van der Waals surface area contributed by atoms with Gasteiger partial charge in [-0.15, -0.1) is 0 Å². The van der Waals surface area contributed by atoms with Gasteiger partial charge in [-0.2, -0.15) is 0 Å². The number of nitrogens with zero attached hydrogens (tertiary/aromatic N) is 1. The normalized spacial score (nSPS) is 11.5. The summed E-state index contributed by atoms with van der Waals surface area (Å²) in [6, 6.07) is 8.12.